The third kappa shape index (κ3) is 2.64. The molecule has 0 N–H and O–H groups in total. The Morgan fingerprint density at radius 1 is 0.909 bits per heavy atom. The summed E-state index contributed by atoms with van der Waals surface area (Å²) in [6, 6.07) is 0. The van der Waals surface area contributed by atoms with E-state index in [1.54, 1.807) is 0 Å². The molecule has 1 nitrogen and oxygen atoms in total. The van der Waals surface area contributed by atoms with Crippen molar-refractivity contribution in [3.8, 4) is 0 Å². The summed E-state index contributed by atoms with van der Waals surface area (Å²) < 4.78 is 1.39. The highest BCUT2D eigenvalue weighted by atomic mass is 35.5. The normalized spacial score (nSPS) is 22.4. The predicted molar refractivity (Wildman–Crippen MR) is 44.9 cm³/mol. The molecule has 0 aromatic heterocycles. The quantitative estimate of drug-likeness (QED) is 0.477. The van der Waals surface area contributed by atoms with Crippen molar-refractivity contribution in [1.82, 2.24) is 0 Å². The third-order valence-electron chi connectivity index (χ3n) is 3.11. The zero-order valence-electron chi connectivity index (χ0n) is 7.77. The third-order valence-corrected chi connectivity index (χ3v) is 3.11. The summed E-state index contributed by atoms with van der Waals surface area (Å²) in [5.41, 5.74) is 0. The summed E-state index contributed by atoms with van der Waals surface area (Å²) in [4.78, 5) is 0. The number of likely N-dealkylation sites (tertiary alicyclic amines) is 1. The Balaban J connectivity index is 0.000001000. The Morgan fingerprint density at radius 2 is 1.36 bits per heavy atom. The van der Waals surface area contributed by atoms with Crippen LogP contribution in [0.15, 0.2) is 0 Å². The Morgan fingerprint density at radius 3 is 1.64 bits per heavy atom. The van der Waals surface area contributed by atoms with Crippen LogP contribution in [-0.4, -0.2) is 30.7 Å². The van der Waals surface area contributed by atoms with Gasteiger partial charge >= 0.3 is 0 Å². The van der Waals surface area contributed by atoms with Gasteiger partial charge in [-0.3, -0.25) is 0 Å². The molecule has 68 valence electrons. The van der Waals surface area contributed by atoms with Gasteiger partial charge in [0.2, 0.25) is 0 Å². The van der Waals surface area contributed by atoms with Gasteiger partial charge in [0, 0.05) is 0 Å². The summed E-state index contributed by atoms with van der Waals surface area (Å²) in [5, 5.41) is 0. The molecule has 0 amide bonds. The van der Waals surface area contributed by atoms with E-state index >= 15 is 0 Å². The van der Waals surface area contributed by atoms with Crippen molar-refractivity contribution in [3.63, 3.8) is 0 Å². The van der Waals surface area contributed by atoms with Crippen molar-refractivity contribution < 1.29 is 16.9 Å². The molecule has 1 heterocycles. The fourth-order valence-electron chi connectivity index (χ4n) is 2.04. The first-order valence-electron chi connectivity index (χ1n) is 4.68. The molecule has 11 heavy (non-hydrogen) atoms. The van der Waals surface area contributed by atoms with Crippen molar-refractivity contribution in [2.45, 2.75) is 33.1 Å². The minimum atomic E-state index is 0. The van der Waals surface area contributed by atoms with Crippen LogP contribution >= 0.6 is 0 Å². The van der Waals surface area contributed by atoms with Gasteiger partial charge in [-0.15, -0.1) is 0 Å². The van der Waals surface area contributed by atoms with Crippen molar-refractivity contribution in [1.29, 1.82) is 0 Å². The second-order valence-electron chi connectivity index (χ2n) is 3.48. The Hall–Kier alpha value is 0.250. The molecule has 0 saturated carbocycles. The highest BCUT2D eigenvalue weighted by Gasteiger charge is 2.24. The van der Waals surface area contributed by atoms with Crippen molar-refractivity contribution >= 4 is 0 Å². The van der Waals surface area contributed by atoms with E-state index in [2.05, 4.69) is 13.8 Å². The molecule has 0 atom stereocenters. The molecule has 0 radical (unpaired) electrons. The van der Waals surface area contributed by atoms with E-state index in [-0.39, 0.29) is 12.4 Å². The minimum absolute atomic E-state index is 0. The maximum absolute atomic E-state index is 2.33. The summed E-state index contributed by atoms with van der Waals surface area (Å²) in [7, 11) is 0. The van der Waals surface area contributed by atoms with Crippen LogP contribution in [0, 0.1) is 0 Å². The molecule has 1 fully saturated rings. The molecule has 1 aliphatic rings. The van der Waals surface area contributed by atoms with Crippen LogP contribution in [0.5, 0.6) is 0 Å². The molecular formula is C9H20ClN. The van der Waals surface area contributed by atoms with Gasteiger partial charge in [0.15, 0.2) is 0 Å². The lowest BCUT2D eigenvalue weighted by Crippen LogP contribution is -3.00. The average Bonchev–Trinajstić information content (AvgIpc) is 2.06. The van der Waals surface area contributed by atoms with Crippen molar-refractivity contribution in [3.05, 3.63) is 0 Å². The number of quaternary nitrogens is 1. The molecule has 0 spiro atoms. The van der Waals surface area contributed by atoms with E-state index in [9.17, 15) is 0 Å². The first-order chi connectivity index (χ1) is 4.83. The van der Waals surface area contributed by atoms with Gasteiger partial charge in [-0.05, 0) is 33.1 Å². The van der Waals surface area contributed by atoms with Gasteiger partial charge in [-0.2, -0.15) is 0 Å². The topological polar surface area (TPSA) is 0 Å². The molecular weight excluding hydrogens is 158 g/mol. The maximum atomic E-state index is 2.33. The van der Waals surface area contributed by atoms with Crippen LogP contribution in [-0.2, 0) is 0 Å². The lowest BCUT2D eigenvalue weighted by molar-refractivity contribution is -0.929. The van der Waals surface area contributed by atoms with E-state index in [0.717, 1.165) is 0 Å². The number of halogens is 1. The van der Waals surface area contributed by atoms with Gasteiger partial charge in [0.1, 0.15) is 0 Å². The number of hydrogen-bond donors (Lipinski definition) is 0. The van der Waals surface area contributed by atoms with E-state index < -0.39 is 0 Å². The van der Waals surface area contributed by atoms with Gasteiger partial charge in [-0.1, -0.05) is 0 Å². The van der Waals surface area contributed by atoms with E-state index in [1.165, 1.54) is 49.9 Å². The van der Waals surface area contributed by atoms with Crippen molar-refractivity contribution in [2.24, 2.45) is 0 Å². The smallest absolute Gasteiger partial charge is 0.0786 e. The fourth-order valence-corrected chi connectivity index (χ4v) is 2.04. The average molecular weight is 178 g/mol. The second kappa shape index (κ2) is 5.00. The largest absolute Gasteiger partial charge is 1.00 e. The highest BCUT2D eigenvalue weighted by molar-refractivity contribution is 4.51. The molecule has 1 saturated heterocycles. The number of rotatable bonds is 2. The van der Waals surface area contributed by atoms with Crippen LogP contribution in [0.4, 0.5) is 0 Å². The van der Waals surface area contributed by atoms with Gasteiger partial charge < -0.3 is 16.9 Å². The summed E-state index contributed by atoms with van der Waals surface area (Å²) in [6.45, 7) is 10.2. The molecule has 1 aliphatic heterocycles. The lowest BCUT2D eigenvalue weighted by Gasteiger charge is -2.39. The molecule has 2 heteroatoms. The maximum Gasteiger partial charge on any atom is 0.0786 e. The van der Waals surface area contributed by atoms with Crippen LogP contribution in [0.3, 0.4) is 0 Å². The standard InChI is InChI=1S/C9H20N.ClH/c1-3-10(4-2)8-6-5-7-9-10;/h3-9H2,1-2H3;1H/q+1;/p-1. The number of nitrogens with zero attached hydrogens (tertiary/aromatic N) is 1. The summed E-state index contributed by atoms with van der Waals surface area (Å²) in [6.07, 6.45) is 4.39. The highest BCUT2D eigenvalue weighted by Crippen LogP contribution is 2.17. The summed E-state index contributed by atoms with van der Waals surface area (Å²) >= 11 is 0. The Kier molecular flexibility index (Phi) is 5.11. The lowest BCUT2D eigenvalue weighted by atomic mass is 10.1. The van der Waals surface area contributed by atoms with Crippen LogP contribution < -0.4 is 12.4 Å². The zero-order valence-corrected chi connectivity index (χ0v) is 8.53. The molecule has 1 rings (SSSR count). The first-order valence-corrected chi connectivity index (χ1v) is 4.68. The molecule has 0 bridgehead atoms. The Labute approximate surface area is 76.8 Å². The monoisotopic (exact) mass is 177 g/mol. The molecule has 0 aromatic rings. The second-order valence-corrected chi connectivity index (χ2v) is 3.48. The van der Waals surface area contributed by atoms with Gasteiger partial charge in [0.25, 0.3) is 0 Å². The minimum Gasteiger partial charge on any atom is -1.00 e. The fraction of sp³-hybridized carbons (Fsp3) is 1.00. The van der Waals surface area contributed by atoms with Gasteiger partial charge in [-0.25, -0.2) is 0 Å². The predicted octanol–water partition coefficient (Wildman–Crippen LogP) is -0.969. The van der Waals surface area contributed by atoms with Gasteiger partial charge in [0.05, 0.1) is 26.2 Å². The van der Waals surface area contributed by atoms with E-state index in [0.29, 0.717) is 0 Å². The zero-order chi connectivity index (χ0) is 7.45. The molecule has 0 aliphatic carbocycles. The van der Waals surface area contributed by atoms with Crippen LogP contribution in [0.25, 0.3) is 0 Å². The SMILES string of the molecule is CC[N+]1(CC)CCCCC1.[Cl-]. The van der Waals surface area contributed by atoms with E-state index in [1.807, 2.05) is 0 Å². The molecule has 0 unspecified atom stereocenters. The number of hydrogen-bond acceptors (Lipinski definition) is 0. The van der Waals surface area contributed by atoms with Crippen molar-refractivity contribution in [2.75, 3.05) is 26.2 Å². The first kappa shape index (κ1) is 11.2. The Bertz CT molecular complexity index is 91.7. The number of piperidine rings is 1. The van der Waals surface area contributed by atoms with Crippen LogP contribution in [0.2, 0.25) is 0 Å². The van der Waals surface area contributed by atoms with E-state index in [4.69, 9.17) is 0 Å². The molecule has 0 aromatic carbocycles. The summed E-state index contributed by atoms with van der Waals surface area (Å²) in [5.74, 6) is 0. The van der Waals surface area contributed by atoms with Crippen LogP contribution in [0.1, 0.15) is 33.1 Å².